The molecule has 0 aliphatic carbocycles. The molecule has 1 aliphatic heterocycles. The summed E-state index contributed by atoms with van der Waals surface area (Å²) in [6, 6.07) is 5.55. The number of benzene rings is 1. The summed E-state index contributed by atoms with van der Waals surface area (Å²) < 4.78 is 26.4. The maximum Gasteiger partial charge on any atom is 0.269 e. The van der Waals surface area contributed by atoms with Crippen molar-refractivity contribution in [3.8, 4) is 0 Å². The van der Waals surface area contributed by atoms with E-state index in [9.17, 15) is 18.5 Å². The molecule has 0 amide bonds. The Kier molecular flexibility index (Phi) is 4.60. The number of non-ortho nitro benzene ring substituents is 1. The highest BCUT2D eigenvalue weighted by atomic mass is 32.2. The molecule has 1 aromatic carbocycles. The van der Waals surface area contributed by atoms with Crippen LogP contribution in [0.1, 0.15) is 18.9 Å². The van der Waals surface area contributed by atoms with Gasteiger partial charge in [-0.15, -0.1) is 0 Å². The first-order valence-electron chi connectivity index (χ1n) is 6.76. The topological polar surface area (TPSA) is 107 Å². The van der Waals surface area contributed by atoms with E-state index >= 15 is 0 Å². The molecule has 0 radical (unpaired) electrons. The van der Waals surface area contributed by atoms with Gasteiger partial charge in [0.15, 0.2) is 0 Å². The van der Waals surface area contributed by atoms with Gasteiger partial charge in [0.05, 0.1) is 10.7 Å². The molecule has 2 rings (SSSR count). The molecule has 21 heavy (non-hydrogen) atoms. The number of hydrogen-bond donors (Lipinski definition) is 1. The average Bonchev–Trinajstić information content (AvgIpc) is 2.81. The third kappa shape index (κ3) is 3.58. The molecular weight excluding hydrogens is 294 g/mol. The minimum Gasteiger partial charge on any atom is -0.330 e. The zero-order valence-corrected chi connectivity index (χ0v) is 12.6. The van der Waals surface area contributed by atoms with Gasteiger partial charge in [-0.2, -0.15) is 4.31 Å². The smallest absolute Gasteiger partial charge is 0.269 e. The van der Waals surface area contributed by atoms with E-state index < -0.39 is 14.9 Å². The van der Waals surface area contributed by atoms with Crippen LogP contribution in [0.2, 0.25) is 0 Å². The van der Waals surface area contributed by atoms with E-state index in [1.807, 2.05) is 6.92 Å². The summed E-state index contributed by atoms with van der Waals surface area (Å²) in [5.74, 6) is 0.0544. The number of nitro benzene ring substituents is 1. The molecule has 2 atom stereocenters. The van der Waals surface area contributed by atoms with Gasteiger partial charge in [-0.1, -0.05) is 12.1 Å². The predicted octanol–water partition coefficient (Wildman–Crippen LogP) is 1.09. The summed E-state index contributed by atoms with van der Waals surface area (Å²) >= 11 is 0. The van der Waals surface area contributed by atoms with Gasteiger partial charge in [0.2, 0.25) is 10.0 Å². The second-order valence-electron chi connectivity index (χ2n) is 5.44. The molecule has 0 aromatic heterocycles. The van der Waals surface area contributed by atoms with Gasteiger partial charge in [-0.3, -0.25) is 10.1 Å². The molecule has 1 heterocycles. The Hall–Kier alpha value is -1.51. The summed E-state index contributed by atoms with van der Waals surface area (Å²) in [6.07, 6.45) is 0.774. The molecular formula is C13H19N3O4S. The monoisotopic (exact) mass is 313 g/mol. The summed E-state index contributed by atoms with van der Waals surface area (Å²) in [5, 5.41) is 10.6. The van der Waals surface area contributed by atoms with Crippen molar-refractivity contribution >= 4 is 15.7 Å². The molecule has 0 bridgehead atoms. The van der Waals surface area contributed by atoms with Gasteiger partial charge < -0.3 is 5.73 Å². The van der Waals surface area contributed by atoms with Crippen LogP contribution in [0.3, 0.4) is 0 Å². The van der Waals surface area contributed by atoms with Crippen molar-refractivity contribution in [1.82, 2.24) is 4.31 Å². The molecule has 0 spiro atoms. The zero-order valence-electron chi connectivity index (χ0n) is 11.8. The Labute approximate surface area is 123 Å². The third-order valence-corrected chi connectivity index (χ3v) is 5.71. The molecule has 7 nitrogen and oxygen atoms in total. The lowest BCUT2D eigenvalue weighted by Crippen LogP contribution is -2.35. The molecule has 116 valence electrons. The zero-order chi connectivity index (χ0) is 15.6. The molecule has 1 fully saturated rings. The fourth-order valence-corrected chi connectivity index (χ4v) is 4.53. The molecule has 2 N–H and O–H groups in total. The maximum atomic E-state index is 12.4. The van der Waals surface area contributed by atoms with Crippen LogP contribution >= 0.6 is 0 Å². The fraction of sp³-hybridized carbons (Fsp3) is 0.538. The normalized spacial score (nSPS) is 23.3. The summed E-state index contributed by atoms with van der Waals surface area (Å²) in [6.45, 7) is 2.81. The van der Waals surface area contributed by atoms with E-state index in [0.29, 0.717) is 18.7 Å². The summed E-state index contributed by atoms with van der Waals surface area (Å²) in [5.41, 5.74) is 6.11. The van der Waals surface area contributed by atoms with Crippen LogP contribution < -0.4 is 5.73 Å². The van der Waals surface area contributed by atoms with Crippen molar-refractivity contribution in [3.05, 3.63) is 39.9 Å². The number of hydrogen-bond acceptors (Lipinski definition) is 5. The largest absolute Gasteiger partial charge is 0.330 e. The second-order valence-corrected chi connectivity index (χ2v) is 7.36. The van der Waals surface area contributed by atoms with Crippen molar-refractivity contribution in [1.29, 1.82) is 0 Å². The van der Waals surface area contributed by atoms with E-state index in [-0.39, 0.29) is 23.4 Å². The van der Waals surface area contributed by atoms with E-state index in [1.165, 1.54) is 28.6 Å². The standard InChI is InChI=1S/C13H19N3O4S/c1-10-6-12(7-14)8-15(10)21(19,20)9-11-2-4-13(5-3-11)16(17)18/h2-5,10,12H,6-9,14H2,1H3. The van der Waals surface area contributed by atoms with Crippen LogP contribution in [-0.4, -0.2) is 36.8 Å². The number of nitrogens with two attached hydrogens (primary N) is 1. The predicted molar refractivity (Wildman–Crippen MR) is 79.0 cm³/mol. The average molecular weight is 313 g/mol. The minimum absolute atomic E-state index is 0.0473. The number of sulfonamides is 1. The second kappa shape index (κ2) is 6.08. The maximum absolute atomic E-state index is 12.4. The molecule has 8 heteroatoms. The van der Waals surface area contributed by atoms with Gasteiger partial charge in [0, 0.05) is 24.7 Å². The van der Waals surface area contributed by atoms with Gasteiger partial charge in [-0.05, 0) is 31.4 Å². The number of nitrogens with zero attached hydrogens (tertiary/aromatic N) is 2. The molecule has 2 unspecified atom stereocenters. The van der Waals surface area contributed by atoms with Crippen molar-refractivity contribution in [2.45, 2.75) is 25.1 Å². The van der Waals surface area contributed by atoms with E-state index in [4.69, 9.17) is 5.73 Å². The molecule has 0 saturated carbocycles. The molecule has 1 saturated heterocycles. The Morgan fingerprint density at radius 3 is 2.48 bits per heavy atom. The van der Waals surface area contributed by atoms with Crippen LogP contribution in [0, 0.1) is 16.0 Å². The highest BCUT2D eigenvalue weighted by Gasteiger charge is 2.36. The minimum atomic E-state index is -3.43. The van der Waals surface area contributed by atoms with Crippen LogP contribution in [0.25, 0.3) is 0 Å². The highest BCUT2D eigenvalue weighted by Crippen LogP contribution is 2.27. The van der Waals surface area contributed by atoms with E-state index in [2.05, 4.69) is 0 Å². The van der Waals surface area contributed by atoms with Gasteiger partial charge >= 0.3 is 0 Å². The SMILES string of the molecule is CC1CC(CN)CN1S(=O)(=O)Cc1ccc([N+](=O)[O-])cc1. The first-order valence-corrected chi connectivity index (χ1v) is 8.37. The summed E-state index contributed by atoms with van der Waals surface area (Å²) in [4.78, 5) is 10.1. The Morgan fingerprint density at radius 1 is 1.38 bits per heavy atom. The van der Waals surface area contributed by atoms with Crippen LogP contribution in [-0.2, 0) is 15.8 Å². The van der Waals surface area contributed by atoms with Crippen LogP contribution in [0.5, 0.6) is 0 Å². The highest BCUT2D eigenvalue weighted by molar-refractivity contribution is 7.88. The Balaban J connectivity index is 2.12. The molecule has 1 aromatic rings. The summed E-state index contributed by atoms with van der Waals surface area (Å²) in [7, 11) is -3.43. The lowest BCUT2D eigenvalue weighted by atomic mass is 10.1. The van der Waals surface area contributed by atoms with Crippen LogP contribution in [0.4, 0.5) is 5.69 Å². The van der Waals surface area contributed by atoms with Crippen molar-refractivity contribution < 1.29 is 13.3 Å². The van der Waals surface area contributed by atoms with Gasteiger partial charge in [0.25, 0.3) is 5.69 Å². The van der Waals surface area contributed by atoms with Gasteiger partial charge in [0.1, 0.15) is 0 Å². The van der Waals surface area contributed by atoms with Gasteiger partial charge in [-0.25, -0.2) is 8.42 Å². The van der Waals surface area contributed by atoms with Crippen molar-refractivity contribution in [2.75, 3.05) is 13.1 Å². The third-order valence-electron chi connectivity index (χ3n) is 3.79. The quantitative estimate of drug-likeness (QED) is 0.647. The Bertz CT molecular complexity index is 615. The number of nitro groups is 1. The Morgan fingerprint density at radius 2 is 2.00 bits per heavy atom. The lowest BCUT2D eigenvalue weighted by Gasteiger charge is -2.21. The first-order chi connectivity index (χ1) is 9.83. The van der Waals surface area contributed by atoms with Crippen molar-refractivity contribution in [2.24, 2.45) is 11.7 Å². The van der Waals surface area contributed by atoms with Crippen LogP contribution in [0.15, 0.2) is 24.3 Å². The first kappa shape index (κ1) is 15.9. The number of rotatable bonds is 5. The van der Waals surface area contributed by atoms with Crippen molar-refractivity contribution in [3.63, 3.8) is 0 Å². The van der Waals surface area contributed by atoms with E-state index in [1.54, 1.807) is 0 Å². The molecule has 1 aliphatic rings. The van der Waals surface area contributed by atoms with E-state index in [0.717, 1.165) is 6.42 Å². The lowest BCUT2D eigenvalue weighted by molar-refractivity contribution is -0.384. The fourth-order valence-electron chi connectivity index (χ4n) is 2.67.